The van der Waals surface area contributed by atoms with Crippen molar-refractivity contribution in [3.8, 4) is 0 Å². The lowest BCUT2D eigenvalue weighted by Gasteiger charge is -2.11. The fraction of sp³-hybridized carbons (Fsp3) is 0.278. The van der Waals surface area contributed by atoms with Gasteiger partial charge in [-0.25, -0.2) is 9.50 Å². The van der Waals surface area contributed by atoms with Gasteiger partial charge in [-0.1, -0.05) is 0 Å². The lowest BCUT2D eigenvalue weighted by Crippen LogP contribution is -2.14. The molecule has 2 heterocycles. The molecule has 0 bridgehead atoms. The van der Waals surface area contributed by atoms with E-state index < -0.39 is 0 Å². The van der Waals surface area contributed by atoms with Gasteiger partial charge in [-0.3, -0.25) is 9.59 Å². The van der Waals surface area contributed by atoms with Crippen LogP contribution in [0.1, 0.15) is 30.3 Å². The maximum absolute atomic E-state index is 12.2. The van der Waals surface area contributed by atoms with Crippen molar-refractivity contribution >= 4 is 29.0 Å². The Bertz CT molecular complexity index is 962. The number of benzene rings is 1. The molecule has 0 aliphatic heterocycles. The molecule has 8 nitrogen and oxygen atoms in total. The number of fused-ring (bicyclic) bond motifs is 1. The van der Waals surface area contributed by atoms with Crippen LogP contribution in [-0.4, -0.2) is 31.4 Å². The second kappa shape index (κ2) is 7.30. The molecule has 0 atom stereocenters. The Morgan fingerprint density at radius 1 is 1.08 bits per heavy atom. The van der Waals surface area contributed by atoms with Crippen LogP contribution in [0.4, 0.5) is 11.4 Å². The number of nitrogens with zero attached hydrogens (tertiary/aromatic N) is 4. The van der Waals surface area contributed by atoms with Gasteiger partial charge in [-0.05, 0) is 50.1 Å². The van der Waals surface area contributed by atoms with Crippen molar-refractivity contribution in [2.45, 2.75) is 33.6 Å². The number of carbonyl (C=O) groups is 2. The third kappa shape index (κ3) is 3.85. The number of hydrogen-bond acceptors (Lipinski definition) is 5. The molecule has 0 saturated carbocycles. The van der Waals surface area contributed by atoms with Gasteiger partial charge in [0.05, 0.1) is 0 Å². The molecule has 0 radical (unpaired) electrons. The summed E-state index contributed by atoms with van der Waals surface area (Å²) in [6.45, 7) is 5.31. The second-order valence-corrected chi connectivity index (χ2v) is 6.04. The van der Waals surface area contributed by atoms with Gasteiger partial charge in [-0.2, -0.15) is 10.1 Å². The molecule has 0 spiro atoms. The summed E-state index contributed by atoms with van der Waals surface area (Å²) in [6, 6.07) is 6.99. The molecule has 2 amide bonds. The van der Waals surface area contributed by atoms with Gasteiger partial charge in [0.2, 0.25) is 11.8 Å². The minimum absolute atomic E-state index is 0.0882. The Morgan fingerprint density at radius 2 is 1.73 bits per heavy atom. The predicted octanol–water partition coefficient (Wildman–Crippen LogP) is 2.27. The fourth-order valence-electron chi connectivity index (χ4n) is 2.82. The Hall–Kier alpha value is -3.29. The van der Waals surface area contributed by atoms with E-state index in [-0.39, 0.29) is 11.8 Å². The van der Waals surface area contributed by atoms with Crippen LogP contribution in [0.25, 0.3) is 5.78 Å². The molecule has 2 aromatic heterocycles. The highest BCUT2D eigenvalue weighted by Gasteiger charge is 2.12. The average Bonchev–Trinajstić information content (AvgIpc) is 3.04. The molecule has 0 aliphatic carbocycles. The number of rotatable bonds is 5. The third-order valence-electron chi connectivity index (χ3n) is 4.08. The van der Waals surface area contributed by atoms with Gasteiger partial charge in [0, 0.05) is 36.1 Å². The first-order valence-electron chi connectivity index (χ1n) is 8.27. The quantitative estimate of drug-likeness (QED) is 0.733. The van der Waals surface area contributed by atoms with E-state index in [1.165, 1.54) is 13.3 Å². The van der Waals surface area contributed by atoms with E-state index in [9.17, 15) is 9.59 Å². The summed E-state index contributed by atoms with van der Waals surface area (Å²) in [7, 11) is 0. The zero-order chi connectivity index (χ0) is 18.7. The minimum atomic E-state index is -0.134. The van der Waals surface area contributed by atoms with E-state index in [1.54, 1.807) is 28.8 Å². The molecule has 0 fully saturated rings. The highest BCUT2D eigenvalue weighted by molar-refractivity contribution is 5.92. The molecule has 134 valence electrons. The summed E-state index contributed by atoms with van der Waals surface area (Å²) in [5.74, 6) is 0.340. The lowest BCUT2D eigenvalue weighted by atomic mass is 10.1. The molecule has 0 saturated heterocycles. The van der Waals surface area contributed by atoms with Gasteiger partial charge in [0.1, 0.15) is 6.33 Å². The summed E-state index contributed by atoms with van der Waals surface area (Å²) in [5.41, 5.74) is 4.17. The molecular formula is C18H20N6O2. The van der Waals surface area contributed by atoms with Crippen LogP contribution >= 0.6 is 0 Å². The van der Waals surface area contributed by atoms with E-state index in [2.05, 4.69) is 25.7 Å². The summed E-state index contributed by atoms with van der Waals surface area (Å²) >= 11 is 0. The zero-order valence-electron chi connectivity index (χ0n) is 14.9. The van der Waals surface area contributed by atoms with E-state index >= 15 is 0 Å². The maximum atomic E-state index is 12.2. The SMILES string of the molecule is CC(=O)Nc1ccc(NC(=O)CCc2c(C)nc3ncnn3c2C)cc1. The van der Waals surface area contributed by atoms with Crippen molar-refractivity contribution in [3.63, 3.8) is 0 Å². The highest BCUT2D eigenvalue weighted by Crippen LogP contribution is 2.17. The first-order chi connectivity index (χ1) is 12.4. The van der Waals surface area contributed by atoms with E-state index in [0.717, 1.165) is 17.0 Å². The Balaban J connectivity index is 1.63. The number of aryl methyl sites for hydroxylation is 2. The third-order valence-corrected chi connectivity index (χ3v) is 4.08. The Morgan fingerprint density at radius 3 is 2.38 bits per heavy atom. The minimum Gasteiger partial charge on any atom is -0.326 e. The number of hydrogen-bond donors (Lipinski definition) is 2. The summed E-state index contributed by atoms with van der Waals surface area (Å²) in [4.78, 5) is 31.8. The van der Waals surface area contributed by atoms with Crippen molar-refractivity contribution in [2.75, 3.05) is 10.6 Å². The Kier molecular flexibility index (Phi) is 4.92. The van der Waals surface area contributed by atoms with E-state index in [4.69, 9.17) is 0 Å². The Labute approximate surface area is 150 Å². The van der Waals surface area contributed by atoms with Crippen LogP contribution < -0.4 is 10.6 Å². The van der Waals surface area contributed by atoms with Crippen LogP contribution in [-0.2, 0) is 16.0 Å². The monoisotopic (exact) mass is 352 g/mol. The van der Waals surface area contributed by atoms with Crippen LogP contribution in [0, 0.1) is 13.8 Å². The van der Waals surface area contributed by atoms with Gasteiger partial charge in [-0.15, -0.1) is 0 Å². The summed E-state index contributed by atoms with van der Waals surface area (Å²) in [5, 5.41) is 9.70. The van der Waals surface area contributed by atoms with Crippen molar-refractivity contribution in [1.82, 2.24) is 19.6 Å². The molecule has 0 unspecified atom stereocenters. The summed E-state index contributed by atoms with van der Waals surface area (Å²) < 4.78 is 1.68. The first kappa shape index (κ1) is 17.5. The topological polar surface area (TPSA) is 101 Å². The average molecular weight is 352 g/mol. The molecular weight excluding hydrogens is 332 g/mol. The predicted molar refractivity (Wildman–Crippen MR) is 98.0 cm³/mol. The number of amides is 2. The van der Waals surface area contributed by atoms with Crippen LogP contribution in [0.2, 0.25) is 0 Å². The smallest absolute Gasteiger partial charge is 0.252 e. The standard InChI is InChI=1S/C18H20N6O2/c1-11-16(12(2)24-18(21-11)19-10-20-24)8-9-17(26)23-15-6-4-14(5-7-15)22-13(3)25/h4-7,10H,8-9H2,1-3H3,(H,22,25)(H,23,26). The maximum Gasteiger partial charge on any atom is 0.252 e. The van der Waals surface area contributed by atoms with Gasteiger partial charge in [0.25, 0.3) is 5.78 Å². The number of anilines is 2. The van der Waals surface area contributed by atoms with Gasteiger partial charge in [0.15, 0.2) is 0 Å². The highest BCUT2D eigenvalue weighted by atomic mass is 16.2. The molecule has 1 aromatic carbocycles. The fourth-order valence-corrected chi connectivity index (χ4v) is 2.82. The molecule has 3 rings (SSSR count). The van der Waals surface area contributed by atoms with E-state index in [0.29, 0.717) is 30.0 Å². The van der Waals surface area contributed by atoms with Crippen molar-refractivity contribution in [3.05, 3.63) is 47.5 Å². The largest absolute Gasteiger partial charge is 0.326 e. The molecule has 3 aromatic rings. The number of aromatic nitrogens is 4. The van der Waals surface area contributed by atoms with Crippen molar-refractivity contribution in [2.24, 2.45) is 0 Å². The normalized spacial score (nSPS) is 10.7. The second-order valence-electron chi connectivity index (χ2n) is 6.04. The van der Waals surface area contributed by atoms with Crippen LogP contribution in [0.15, 0.2) is 30.6 Å². The van der Waals surface area contributed by atoms with Crippen molar-refractivity contribution < 1.29 is 9.59 Å². The van der Waals surface area contributed by atoms with E-state index in [1.807, 2.05) is 13.8 Å². The molecule has 8 heteroatoms. The lowest BCUT2D eigenvalue weighted by molar-refractivity contribution is -0.116. The number of carbonyl (C=O) groups excluding carboxylic acids is 2. The first-order valence-corrected chi connectivity index (χ1v) is 8.27. The van der Waals surface area contributed by atoms with Gasteiger partial charge < -0.3 is 10.6 Å². The van der Waals surface area contributed by atoms with Gasteiger partial charge >= 0.3 is 0 Å². The molecule has 26 heavy (non-hydrogen) atoms. The summed E-state index contributed by atoms with van der Waals surface area (Å²) in [6.07, 6.45) is 2.36. The van der Waals surface area contributed by atoms with Crippen molar-refractivity contribution in [1.29, 1.82) is 0 Å². The molecule has 0 aliphatic rings. The number of nitrogens with one attached hydrogen (secondary N) is 2. The molecule has 2 N–H and O–H groups in total. The van der Waals surface area contributed by atoms with Crippen LogP contribution in [0.5, 0.6) is 0 Å². The van der Waals surface area contributed by atoms with Crippen LogP contribution in [0.3, 0.4) is 0 Å². The zero-order valence-corrected chi connectivity index (χ0v) is 14.9.